The first kappa shape index (κ1) is 14.3. The summed E-state index contributed by atoms with van der Waals surface area (Å²) in [6.45, 7) is 9.45. The standard InChI is InChI=1S/C16H20N2O2/c1-10-6-7-11(2)15(8-10)20-14(5)16(19)18-13(4)9-12(3)17-18/h6-9,14H,1-5H3. The van der Waals surface area contributed by atoms with E-state index >= 15 is 0 Å². The van der Waals surface area contributed by atoms with Crippen molar-refractivity contribution in [3.8, 4) is 5.75 Å². The van der Waals surface area contributed by atoms with Gasteiger partial charge in [-0.05, 0) is 57.9 Å². The van der Waals surface area contributed by atoms with Gasteiger partial charge >= 0.3 is 0 Å². The highest BCUT2D eigenvalue weighted by Crippen LogP contribution is 2.21. The fraction of sp³-hybridized carbons (Fsp3) is 0.375. The third-order valence-electron chi connectivity index (χ3n) is 3.21. The van der Waals surface area contributed by atoms with Gasteiger partial charge in [0.15, 0.2) is 6.10 Å². The summed E-state index contributed by atoms with van der Waals surface area (Å²) >= 11 is 0. The van der Waals surface area contributed by atoms with E-state index in [-0.39, 0.29) is 5.91 Å². The summed E-state index contributed by atoms with van der Waals surface area (Å²) in [5, 5.41) is 4.20. The summed E-state index contributed by atoms with van der Waals surface area (Å²) in [7, 11) is 0. The maximum atomic E-state index is 12.4. The van der Waals surface area contributed by atoms with Crippen molar-refractivity contribution in [1.82, 2.24) is 9.78 Å². The fourth-order valence-electron chi connectivity index (χ4n) is 2.10. The van der Waals surface area contributed by atoms with Gasteiger partial charge in [-0.3, -0.25) is 4.79 Å². The van der Waals surface area contributed by atoms with E-state index < -0.39 is 6.10 Å². The third kappa shape index (κ3) is 2.90. The molecule has 1 aromatic carbocycles. The predicted octanol–water partition coefficient (Wildman–Crippen LogP) is 3.22. The molecule has 4 heteroatoms. The van der Waals surface area contributed by atoms with Crippen molar-refractivity contribution in [2.75, 3.05) is 0 Å². The van der Waals surface area contributed by atoms with Crippen LogP contribution in [-0.4, -0.2) is 21.8 Å². The van der Waals surface area contributed by atoms with Crippen LogP contribution in [0.1, 0.15) is 34.2 Å². The molecule has 0 fully saturated rings. The molecule has 0 saturated carbocycles. The summed E-state index contributed by atoms with van der Waals surface area (Å²) in [4.78, 5) is 12.4. The van der Waals surface area contributed by atoms with Crippen LogP contribution >= 0.6 is 0 Å². The molecule has 20 heavy (non-hydrogen) atoms. The van der Waals surface area contributed by atoms with Gasteiger partial charge in [-0.25, -0.2) is 4.68 Å². The van der Waals surface area contributed by atoms with Crippen molar-refractivity contribution in [3.05, 3.63) is 46.8 Å². The number of aryl methyl sites for hydroxylation is 4. The molecule has 0 aliphatic carbocycles. The van der Waals surface area contributed by atoms with Crippen LogP contribution in [0.2, 0.25) is 0 Å². The van der Waals surface area contributed by atoms with E-state index in [1.165, 1.54) is 4.68 Å². The molecular formula is C16H20N2O2. The van der Waals surface area contributed by atoms with Gasteiger partial charge in [0.25, 0.3) is 5.91 Å². The first-order chi connectivity index (χ1) is 9.38. The highest BCUT2D eigenvalue weighted by molar-refractivity contribution is 5.83. The van der Waals surface area contributed by atoms with E-state index in [1.54, 1.807) is 6.92 Å². The molecule has 2 rings (SSSR count). The number of rotatable bonds is 3. The van der Waals surface area contributed by atoms with Gasteiger partial charge in [0.05, 0.1) is 5.69 Å². The van der Waals surface area contributed by atoms with Crippen molar-refractivity contribution < 1.29 is 9.53 Å². The first-order valence-electron chi connectivity index (χ1n) is 6.70. The van der Waals surface area contributed by atoms with E-state index in [0.29, 0.717) is 0 Å². The Balaban J connectivity index is 2.19. The first-order valence-corrected chi connectivity index (χ1v) is 6.70. The molecule has 1 atom stereocenters. The van der Waals surface area contributed by atoms with Crippen molar-refractivity contribution in [2.45, 2.75) is 40.7 Å². The normalized spacial score (nSPS) is 12.2. The van der Waals surface area contributed by atoms with Crippen LogP contribution in [0.25, 0.3) is 0 Å². The number of carbonyl (C=O) groups is 1. The second-order valence-corrected chi connectivity index (χ2v) is 5.21. The third-order valence-corrected chi connectivity index (χ3v) is 3.21. The van der Waals surface area contributed by atoms with Gasteiger partial charge in [0.1, 0.15) is 5.75 Å². The summed E-state index contributed by atoms with van der Waals surface area (Å²) in [5.74, 6) is 0.587. The molecule has 0 amide bonds. The van der Waals surface area contributed by atoms with E-state index in [1.807, 2.05) is 52.0 Å². The molecule has 4 nitrogen and oxygen atoms in total. The topological polar surface area (TPSA) is 44.1 Å². The lowest BCUT2D eigenvalue weighted by Gasteiger charge is -2.16. The SMILES string of the molecule is Cc1ccc(C)c(OC(C)C(=O)n2nc(C)cc2C)c1. The van der Waals surface area contributed by atoms with Gasteiger partial charge in [0.2, 0.25) is 0 Å². The molecule has 0 aliphatic heterocycles. The molecule has 1 unspecified atom stereocenters. The molecule has 0 saturated heterocycles. The molecule has 1 aromatic heterocycles. The van der Waals surface area contributed by atoms with E-state index in [2.05, 4.69) is 5.10 Å². The van der Waals surface area contributed by atoms with Gasteiger partial charge in [0, 0.05) is 5.69 Å². The average molecular weight is 272 g/mol. The minimum Gasteiger partial charge on any atom is -0.481 e. The Labute approximate surface area is 119 Å². The molecule has 0 radical (unpaired) electrons. The zero-order valence-corrected chi connectivity index (χ0v) is 12.6. The monoisotopic (exact) mass is 272 g/mol. The van der Waals surface area contributed by atoms with Crippen LogP contribution in [0, 0.1) is 27.7 Å². The lowest BCUT2D eigenvalue weighted by atomic mass is 10.1. The van der Waals surface area contributed by atoms with E-state index in [4.69, 9.17) is 4.74 Å². The molecule has 0 bridgehead atoms. The Morgan fingerprint density at radius 3 is 2.50 bits per heavy atom. The van der Waals surface area contributed by atoms with Gasteiger partial charge in [-0.2, -0.15) is 5.10 Å². The minimum atomic E-state index is -0.575. The Bertz CT molecular complexity index is 644. The van der Waals surface area contributed by atoms with Crippen molar-refractivity contribution in [1.29, 1.82) is 0 Å². The van der Waals surface area contributed by atoms with E-state index in [9.17, 15) is 4.79 Å². The van der Waals surface area contributed by atoms with Crippen LogP contribution in [0.3, 0.4) is 0 Å². The Hall–Kier alpha value is -2.10. The van der Waals surface area contributed by atoms with Crippen LogP contribution in [0.4, 0.5) is 0 Å². The zero-order chi connectivity index (χ0) is 14.9. The number of carbonyl (C=O) groups excluding carboxylic acids is 1. The van der Waals surface area contributed by atoms with Crippen molar-refractivity contribution in [3.63, 3.8) is 0 Å². The second kappa shape index (κ2) is 5.49. The number of ether oxygens (including phenoxy) is 1. The molecule has 1 heterocycles. The molecule has 0 N–H and O–H groups in total. The van der Waals surface area contributed by atoms with Crippen LogP contribution in [-0.2, 0) is 0 Å². The van der Waals surface area contributed by atoms with Crippen molar-refractivity contribution >= 4 is 5.91 Å². The number of aromatic nitrogens is 2. The molecule has 0 aliphatic rings. The quantitative estimate of drug-likeness (QED) is 0.861. The number of nitrogens with zero attached hydrogens (tertiary/aromatic N) is 2. The lowest BCUT2D eigenvalue weighted by molar-refractivity contribution is 0.0706. The molecule has 106 valence electrons. The molecule has 2 aromatic rings. The largest absolute Gasteiger partial charge is 0.481 e. The Kier molecular flexibility index (Phi) is 3.93. The maximum Gasteiger partial charge on any atom is 0.287 e. The zero-order valence-electron chi connectivity index (χ0n) is 12.6. The highest BCUT2D eigenvalue weighted by atomic mass is 16.5. The summed E-state index contributed by atoms with van der Waals surface area (Å²) < 4.78 is 7.20. The molecular weight excluding hydrogens is 252 g/mol. The number of hydrogen-bond acceptors (Lipinski definition) is 3. The summed E-state index contributed by atoms with van der Waals surface area (Å²) in [6.07, 6.45) is -0.575. The Morgan fingerprint density at radius 1 is 1.20 bits per heavy atom. The lowest BCUT2D eigenvalue weighted by Crippen LogP contribution is -2.31. The van der Waals surface area contributed by atoms with Crippen LogP contribution in [0.5, 0.6) is 5.75 Å². The molecule has 0 spiro atoms. The van der Waals surface area contributed by atoms with Gasteiger partial charge in [-0.1, -0.05) is 12.1 Å². The fourth-order valence-corrected chi connectivity index (χ4v) is 2.10. The van der Waals surface area contributed by atoms with Crippen LogP contribution < -0.4 is 4.74 Å². The maximum absolute atomic E-state index is 12.4. The second-order valence-electron chi connectivity index (χ2n) is 5.21. The average Bonchev–Trinajstić information content (AvgIpc) is 2.72. The highest BCUT2D eigenvalue weighted by Gasteiger charge is 2.20. The number of benzene rings is 1. The van der Waals surface area contributed by atoms with Gasteiger partial charge < -0.3 is 4.74 Å². The minimum absolute atomic E-state index is 0.156. The summed E-state index contributed by atoms with van der Waals surface area (Å²) in [5.41, 5.74) is 3.78. The Morgan fingerprint density at radius 2 is 1.90 bits per heavy atom. The van der Waals surface area contributed by atoms with Crippen molar-refractivity contribution in [2.24, 2.45) is 0 Å². The predicted molar refractivity (Wildman–Crippen MR) is 78.3 cm³/mol. The van der Waals surface area contributed by atoms with E-state index in [0.717, 1.165) is 28.3 Å². The smallest absolute Gasteiger partial charge is 0.287 e. The summed E-state index contributed by atoms with van der Waals surface area (Å²) in [6, 6.07) is 7.84. The van der Waals surface area contributed by atoms with Crippen LogP contribution in [0.15, 0.2) is 24.3 Å². The number of hydrogen-bond donors (Lipinski definition) is 0. The van der Waals surface area contributed by atoms with Gasteiger partial charge in [-0.15, -0.1) is 0 Å².